The van der Waals surface area contributed by atoms with E-state index in [2.05, 4.69) is 0 Å². The minimum Gasteiger partial charge on any atom is -0.0840 e. The lowest BCUT2D eigenvalue weighted by atomic mass is 10.0. The second-order valence-electron chi connectivity index (χ2n) is 4.70. The predicted molar refractivity (Wildman–Crippen MR) is 89.5 cm³/mol. The van der Waals surface area contributed by atoms with Gasteiger partial charge < -0.3 is 0 Å². The molecule has 2 rings (SSSR count). The first-order valence-corrected chi connectivity index (χ1v) is 7.63. The number of hydrogen-bond acceptors (Lipinski definition) is 0. The summed E-state index contributed by atoms with van der Waals surface area (Å²) in [6, 6.07) is 7.66. The van der Waals surface area contributed by atoms with E-state index in [-0.39, 0.29) is 0 Å². The molecule has 4 heteroatoms. The average Bonchev–Trinajstić information content (AvgIpc) is 2.40. The Kier molecular flexibility index (Phi) is 5.25. The molecule has 1 radical (unpaired) electrons. The molecular formula is C16H13Cl4. The Hall–Kier alpha value is -0.400. The van der Waals surface area contributed by atoms with Crippen LogP contribution in [0.5, 0.6) is 0 Å². The Bertz CT molecular complexity index is 645. The number of halogens is 4. The number of hydrogen-bond donors (Lipinski definition) is 0. The molecule has 0 atom stereocenters. The molecule has 0 amide bonds. The molecule has 0 nitrogen and oxygen atoms in total. The molecule has 105 valence electrons. The first-order valence-electron chi connectivity index (χ1n) is 6.12. The third kappa shape index (κ3) is 3.43. The Morgan fingerprint density at radius 2 is 1.55 bits per heavy atom. The van der Waals surface area contributed by atoms with Crippen LogP contribution < -0.4 is 0 Å². The van der Waals surface area contributed by atoms with Crippen LogP contribution in [0.4, 0.5) is 0 Å². The van der Waals surface area contributed by atoms with E-state index in [1.54, 1.807) is 0 Å². The quantitative estimate of drug-likeness (QED) is 0.579. The van der Waals surface area contributed by atoms with Crippen molar-refractivity contribution in [1.82, 2.24) is 0 Å². The first kappa shape index (κ1) is 16.0. The third-order valence-corrected chi connectivity index (χ3v) is 4.92. The molecule has 0 aliphatic carbocycles. The fraction of sp³-hybridized carbons (Fsp3) is 0.188. The van der Waals surface area contributed by atoms with Crippen molar-refractivity contribution < 1.29 is 0 Å². The normalized spacial score (nSPS) is 10.9. The molecule has 0 heterocycles. The molecule has 0 unspecified atom stereocenters. The monoisotopic (exact) mass is 345 g/mol. The summed E-state index contributed by atoms with van der Waals surface area (Å²) in [5.41, 5.74) is 3.80. The highest BCUT2D eigenvalue weighted by Gasteiger charge is 2.10. The second-order valence-corrected chi connectivity index (χ2v) is 6.27. The molecule has 0 aliphatic heterocycles. The van der Waals surface area contributed by atoms with Crippen molar-refractivity contribution in [1.29, 1.82) is 0 Å². The van der Waals surface area contributed by atoms with E-state index in [1.165, 1.54) is 0 Å². The third-order valence-electron chi connectivity index (χ3n) is 3.17. The van der Waals surface area contributed by atoms with E-state index < -0.39 is 0 Å². The molecule has 0 fully saturated rings. The van der Waals surface area contributed by atoms with E-state index in [0.29, 0.717) is 26.5 Å². The Morgan fingerprint density at radius 3 is 2.25 bits per heavy atom. The summed E-state index contributed by atoms with van der Waals surface area (Å²) < 4.78 is 0. The van der Waals surface area contributed by atoms with Crippen molar-refractivity contribution in [3.63, 3.8) is 0 Å². The number of aryl methyl sites for hydroxylation is 2. The maximum Gasteiger partial charge on any atom is 0.0630 e. The van der Waals surface area contributed by atoms with Crippen molar-refractivity contribution in [2.45, 2.75) is 20.3 Å². The van der Waals surface area contributed by atoms with E-state index in [0.717, 1.165) is 22.3 Å². The van der Waals surface area contributed by atoms with Gasteiger partial charge in [-0.15, -0.1) is 0 Å². The van der Waals surface area contributed by atoms with Gasteiger partial charge in [0, 0.05) is 10.0 Å². The highest BCUT2D eigenvalue weighted by molar-refractivity contribution is 6.43. The molecule has 0 spiro atoms. The summed E-state index contributed by atoms with van der Waals surface area (Å²) in [6.07, 6.45) is 2.65. The minimum atomic E-state index is 0.570. The van der Waals surface area contributed by atoms with E-state index in [9.17, 15) is 0 Å². The highest BCUT2D eigenvalue weighted by Crippen LogP contribution is 2.32. The SMILES string of the molecule is Cc1cc(Cl)c(C[CH]c2ccc(C)c(Cl)c2Cl)cc1Cl. The summed E-state index contributed by atoms with van der Waals surface area (Å²) in [4.78, 5) is 0. The van der Waals surface area contributed by atoms with Gasteiger partial charge in [-0.2, -0.15) is 0 Å². The van der Waals surface area contributed by atoms with Crippen molar-refractivity contribution in [3.05, 3.63) is 73.0 Å². The van der Waals surface area contributed by atoms with Crippen LogP contribution in [0.2, 0.25) is 20.1 Å². The smallest absolute Gasteiger partial charge is 0.0630 e. The lowest BCUT2D eigenvalue weighted by Crippen LogP contribution is -1.93. The zero-order valence-corrected chi connectivity index (χ0v) is 14.1. The van der Waals surface area contributed by atoms with Crippen LogP contribution in [0, 0.1) is 20.3 Å². The lowest BCUT2D eigenvalue weighted by Gasteiger charge is -2.10. The van der Waals surface area contributed by atoms with Crippen LogP contribution >= 0.6 is 46.4 Å². The summed E-state index contributed by atoms with van der Waals surface area (Å²) in [5.74, 6) is 0. The molecule has 0 aliphatic rings. The topological polar surface area (TPSA) is 0 Å². The van der Waals surface area contributed by atoms with Crippen LogP contribution in [0.15, 0.2) is 24.3 Å². The van der Waals surface area contributed by atoms with Gasteiger partial charge in [0.1, 0.15) is 0 Å². The zero-order valence-electron chi connectivity index (χ0n) is 11.1. The van der Waals surface area contributed by atoms with Crippen LogP contribution in [0.3, 0.4) is 0 Å². The predicted octanol–water partition coefficient (Wildman–Crippen LogP) is 6.71. The first-order chi connectivity index (χ1) is 9.40. The van der Waals surface area contributed by atoms with Crippen molar-refractivity contribution in [2.75, 3.05) is 0 Å². The number of rotatable bonds is 3. The minimum absolute atomic E-state index is 0.570. The summed E-state index contributed by atoms with van der Waals surface area (Å²) in [6.45, 7) is 3.85. The maximum absolute atomic E-state index is 6.24. The van der Waals surface area contributed by atoms with Gasteiger partial charge in [-0.05, 0) is 61.1 Å². The second kappa shape index (κ2) is 6.58. The Morgan fingerprint density at radius 1 is 0.850 bits per heavy atom. The largest absolute Gasteiger partial charge is 0.0840 e. The van der Waals surface area contributed by atoms with E-state index in [1.807, 2.05) is 44.5 Å². The van der Waals surface area contributed by atoms with E-state index in [4.69, 9.17) is 46.4 Å². The molecule has 0 saturated carbocycles. The molecule has 0 N–H and O–H groups in total. The van der Waals surface area contributed by atoms with Gasteiger partial charge in [0.2, 0.25) is 0 Å². The van der Waals surface area contributed by atoms with Crippen LogP contribution in [-0.4, -0.2) is 0 Å². The highest BCUT2D eigenvalue weighted by atomic mass is 35.5. The lowest BCUT2D eigenvalue weighted by molar-refractivity contribution is 1.16. The Labute approximate surface area is 139 Å². The van der Waals surface area contributed by atoms with Gasteiger partial charge in [0.25, 0.3) is 0 Å². The van der Waals surface area contributed by atoms with Crippen molar-refractivity contribution >= 4 is 46.4 Å². The van der Waals surface area contributed by atoms with Crippen molar-refractivity contribution in [3.8, 4) is 0 Å². The maximum atomic E-state index is 6.24. The van der Waals surface area contributed by atoms with Gasteiger partial charge >= 0.3 is 0 Å². The van der Waals surface area contributed by atoms with Gasteiger partial charge in [0.15, 0.2) is 0 Å². The fourth-order valence-corrected chi connectivity index (χ4v) is 2.83. The van der Waals surface area contributed by atoms with Crippen LogP contribution in [0.1, 0.15) is 22.3 Å². The van der Waals surface area contributed by atoms with Gasteiger partial charge in [0.05, 0.1) is 10.0 Å². The molecule has 0 bridgehead atoms. The van der Waals surface area contributed by atoms with Crippen LogP contribution in [-0.2, 0) is 6.42 Å². The summed E-state index contributed by atoms with van der Waals surface area (Å²) in [7, 11) is 0. The van der Waals surface area contributed by atoms with Gasteiger partial charge in [-0.3, -0.25) is 0 Å². The van der Waals surface area contributed by atoms with Crippen molar-refractivity contribution in [2.24, 2.45) is 0 Å². The fourth-order valence-electron chi connectivity index (χ4n) is 1.88. The average molecular weight is 347 g/mol. The number of benzene rings is 2. The molecule has 20 heavy (non-hydrogen) atoms. The Balaban J connectivity index is 2.21. The molecular weight excluding hydrogens is 334 g/mol. The molecule has 0 aromatic heterocycles. The molecule has 2 aromatic rings. The molecule has 0 saturated heterocycles. The molecule has 2 aromatic carbocycles. The van der Waals surface area contributed by atoms with Gasteiger partial charge in [-0.1, -0.05) is 58.5 Å². The van der Waals surface area contributed by atoms with Crippen LogP contribution in [0.25, 0.3) is 0 Å². The van der Waals surface area contributed by atoms with E-state index >= 15 is 0 Å². The summed E-state index contributed by atoms with van der Waals surface area (Å²) >= 11 is 24.7. The standard InChI is InChI=1S/C16H13Cl4/c1-9-3-4-11(16(20)15(9)19)5-6-12-8-13(17)10(2)7-14(12)18/h3-5,7-8H,6H2,1-2H3. The summed E-state index contributed by atoms with van der Waals surface area (Å²) in [5, 5.41) is 2.58. The zero-order chi connectivity index (χ0) is 14.9. The van der Waals surface area contributed by atoms with Gasteiger partial charge in [-0.25, -0.2) is 0 Å².